The minimum absolute atomic E-state index is 0.000269. The van der Waals surface area contributed by atoms with Crippen molar-refractivity contribution in [3.05, 3.63) is 102 Å². The normalized spacial score (nSPS) is 14.2. The maximum atomic E-state index is 13.3. The van der Waals surface area contributed by atoms with Gasteiger partial charge in [-0.05, 0) is 35.1 Å². The molecule has 3 aromatic carbocycles. The smallest absolute Gasteiger partial charge is 0.404 e. The van der Waals surface area contributed by atoms with Gasteiger partial charge in [0.1, 0.15) is 24.1 Å². The van der Waals surface area contributed by atoms with Gasteiger partial charge in [-0.2, -0.15) is 0 Å². The fourth-order valence-electron chi connectivity index (χ4n) is 5.56. The molecule has 0 saturated heterocycles. The van der Waals surface area contributed by atoms with Crippen molar-refractivity contribution in [1.29, 1.82) is 0 Å². The Bertz CT molecular complexity index is 1510. The highest BCUT2D eigenvalue weighted by Crippen LogP contribution is 2.24. The number of H-pyrrole nitrogens is 1. The molecule has 1 heterocycles. The van der Waals surface area contributed by atoms with Crippen LogP contribution in [0.1, 0.15) is 56.1 Å². The summed E-state index contributed by atoms with van der Waals surface area (Å²) in [5, 5.41) is 0. The number of nitrogens with zero attached hydrogens (tertiary/aromatic N) is 1. The summed E-state index contributed by atoms with van der Waals surface area (Å²) in [6.07, 6.45) is -0.689. The molecule has 7 N–H and O–H groups in total. The quantitative estimate of drug-likeness (QED) is 0.0752. The highest BCUT2D eigenvalue weighted by Gasteiger charge is 2.30. The Morgan fingerprint density at radius 1 is 0.917 bits per heavy atom. The summed E-state index contributed by atoms with van der Waals surface area (Å²) in [6, 6.07) is 26.6. The first-order valence-corrected chi connectivity index (χ1v) is 16.4. The number of imidazole rings is 1. The summed E-state index contributed by atoms with van der Waals surface area (Å²) >= 11 is 0. The number of nitrogens with two attached hydrogens (primary N) is 3. The first-order chi connectivity index (χ1) is 23.1. The van der Waals surface area contributed by atoms with E-state index in [0.29, 0.717) is 26.1 Å². The molecular formula is C37H49N5O6. The van der Waals surface area contributed by atoms with Gasteiger partial charge < -0.3 is 41.1 Å². The van der Waals surface area contributed by atoms with Crippen LogP contribution in [0.3, 0.4) is 0 Å². The minimum Gasteiger partial charge on any atom is -0.460 e. The number of ether oxygens (including phenoxy) is 4. The van der Waals surface area contributed by atoms with Crippen molar-refractivity contribution in [2.75, 3.05) is 26.4 Å². The van der Waals surface area contributed by atoms with Gasteiger partial charge in [0.15, 0.2) is 0 Å². The third kappa shape index (κ3) is 12.1. The van der Waals surface area contributed by atoms with Gasteiger partial charge in [0.05, 0.1) is 30.7 Å². The molecule has 0 fully saturated rings. The molecule has 1 aromatic heterocycles. The van der Waals surface area contributed by atoms with Crippen molar-refractivity contribution < 1.29 is 28.5 Å². The molecule has 0 saturated carbocycles. The molecule has 4 unspecified atom stereocenters. The van der Waals surface area contributed by atoms with Crippen LogP contribution in [0, 0.1) is 5.41 Å². The molecule has 0 aliphatic heterocycles. The molecule has 4 rings (SSSR count). The van der Waals surface area contributed by atoms with Gasteiger partial charge in [-0.3, -0.25) is 4.79 Å². The van der Waals surface area contributed by atoms with Gasteiger partial charge in [0, 0.05) is 38.5 Å². The molecule has 0 spiro atoms. The van der Waals surface area contributed by atoms with E-state index < -0.39 is 41.8 Å². The zero-order valence-corrected chi connectivity index (χ0v) is 27.9. The Morgan fingerprint density at radius 2 is 1.60 bits per heavy atom. The van der Waals surface area contributed by atoms with Crippen LogP contribution < -0.4 is 17.2 Å². The number of aromatic amines is 1. The Labute approximate surface area is 282 Å². The van der Waals surface area contributed by atoms with Crippen LogP contribution >= 0.6 is 0 Å². The van der Waals surface area contributed by atoms with E-state index in [1.54, 1.807) is 0 Å². The maximum absolute atomic E-state index is 13.3. The summed E-state index contributed by atoms with van der Waals surface area (Å²) in [4.78, 5) is 33.0. The first kappa shape index (κ1) is 36.5. The van der Waals surface area contributed by atoms with Crippen LogP contribution in [0.4, 0.5) is 4.79 Å². The highest BCUT2D eigenvalue weighted by atomic mass is 16.6. The van der Waals surface area contributed by atoms with Gasteiger partial charge in [-0.15, -0.1) is 0 Å². The van der Waals surface area contributed by atoms with Crippen LogP contribution in [0.5, 0.6) is 0 Å². The molecule has 0 radical (unpaired) electrons. The van der Waals surface area contributed by atoms with Crippen molar-refractivity contribution in [3.63, 3.8) is 0 Å². The van der Waals surface area contributed by atoms with Gasteiger partial charge >= 0.3 is 12.1 Å². The van der Waals surface area contributed by atoms with E-state index >= 15 is 0 Å². The molecule has 0 aliphatic rings. The topological polar surface area (TPSA) is 178 Å². The average Bonchev–Trinajstić information content (AvgIpc) is 3.48. The van der Waals surface area contributed by atoms with Crippen molar-refractivity contribution in [1.82, 2.24) is 9.97 Å². The van der Waals surface area contributed by atoms with E-state index in [2.05, 4.69) is 9.97 Å². The Balaban J connectivity index is 1.32. The summed E-state index contributed by atoms with van der Waals surface area (Å²) in [5.74, 6) is 0.535. The van der Waals surface area contributed by atoms with E-state index in [1.807, 2.05) is 98.8 Å². The number of aryl methyl sites for hydroxylation is 1. The fourth-order valence-corrected chi connectivity index (χ4v) is 5.56. The molecule has 4 aromatic rings. The van der Waals surface area contributed by atoms with Crippen LogP contribution in [-0.2, 0) is 36.6 Å². The highest BCUT2D eigenvalue weighted by molar-refractivity contribution is 5.74. The lowest BCUT2D eigenvalue weighted by molar-refractivity contribution is -0.158. The summed E-state index contributed by atoms with van der Waals surface area (Å²) < 4.78 is 23.5. The molecule has 258 valence electrons. The van der Waals surface area contributed by atoms with Crippen molar-refractivity contribution in [3.8, 4) is 0 Å². The molecule has 0 aliphatic carbocycles. The number of carbonyl (C=O) groups is 2. The number of carbonyl (C=O) groups excluding carboxylic acids is 2. The number of aromatic nitrogens is 2. The van der Waals surface area contributed by atoms with E-state index in [9.17, 15) is 9.59 Å². The van der Waals surface area contributed by atoms with E-state index in [0.717, 1.165) is 40.8 Å². The standard InChI is InChI=1S/C37H49N5O6/c1-37(2,25-45-19-11-18-34-41-30-16-9-10-17-31(30)42-34)22-35(43)47-28(21-29(39)27-14-7-4-8-15-27)24-46-33(23-38)32(48-36(40)44)20-26-12-5-3-6-13-26/h3-10,12-17,28-29,32-33H,11,18-25,38-39H2,1-2H3,(H2,40,44)(H,41,42). The molecule has 11 nitrogen and oxygen atoms in total. The Morgan fingerprint density at radius 3 is 2.29 bits per heavy atom. The number of fused-ring (bicyclic) bond motifs is 1. The lowest BCUT2D eigenvalue weighted by Gasteiger charge is -2.29. The number of esters is 1. The maximum Gasteiger partial charge on any atom is 0.404 e. The summed E-state index contributed by atoms with van der Waals surface area (Å²) in [7, 11) is 0. The van der Waals surface area contributed by atoms with Crippen molar-refractivity contribution in [2.45, 2.75) is 70.3 Å². The van der Waals surface area contributed by atoms with Crippen LogP contribution in [-0.4, -0.2) is 66.7 Å². The van der Waals surface area contributed by atoms with Crippen LogP contribution in [0.15, 0.2) is 84.9 Å². The lowest BCUT2D eigenvalue weighted by atomic mass is 9.90. The number of hydrogen-bond donors (Lipinski definition) is 4. The number of para-hydroxylation sites is 2. The second-order valence-electron chi connectivity index (χ2n) is 12.8. The third-order valence-corrected chi connectivity index (χ3v) is 7.99. The Kier molecular flexibility index (Phi) is 13.9. The monoisotopic (exact) mass is 659 g/mol. The van der Waals surface area contributed by atoms with E-state index in [4.69, 9.17) is 36.1 Å². The zero-order chi connectivity index (χ0) is 34.4. The minimum atomic E-state index is -0.925. The number of amides is 1. The molecule has 11 heteroatoms. The second-order valence-corrected chi connectivity index (χ2v) is 12.8. The average molecular weight is 660 g/mol. The molecule has 1 amide bonds. The molecule has 0 bridgehead atoms. The predicted molar refractivity (Wildman–Crippen MR) is 185 cm³/mol. The first-order valence-electron chi connectivity index (χ1n) is 16.4. The largest absolute Gasteiger partial charge is 0.460 e. The van der Waals surface area contributed by atoms with E-state index in [1.165, 1.54) is 0 Å². The number of rotatable bonds is 20. The number of nitrogens with one attached hydrogen (secondary N) is 1. The zero-order valence-electron chi connectivity index (χ0n) is 27.9. The fraction of sp³-hybridized carbons (Fsp3) is 0.432. The summed E-state index contributed by atoms with van der Waals surface area (Å²) in [5.41, 5.74) is 21.3. The Hall–Kier alpha value is -4.29. The van der Waals surface area contributed by atoms with Gasteiger partial charge in [-0.25, -0.2) is 9.78 Å². The van der Waals surface area contributed by atoms with E-state index in [-0.39, 0.29) is 19.6 Å². The molecular weight excluding hydrogens is 610 g/mol. The van der Waals surface area contributed by atoms with Crippen molar-refractivity contribution in [2.24, 2.45) is 22.6 Å². The third-order valence-electron chi connectivity index (χ3n) is 7.99. The number of hydrogen-bond acceptors (Lipinski definition) is 9. The number of primary amides is 1. The predicted octanol–water partition coefficient (Wildman–Crippen LogP) is 4.98. The number of benzene rings is 3. The molecule has 48 heavy (non-hydrogen) atoms. The van der Waals surface area contributed by atoms with Crippen LogP contribution in [0.25, 0.3) is 11.0 Å². The second kappa shape index (κ2) is 18.3. The lowest BCUT2D eigenvalue weighted by Crippen LogP contribution is -2.43. The van der Waals surface area contributed by atoms with Crippen LogP contribution in [0.2, 0.25) is 0 Å². The molecule has 4 atom stereocenters. The van der Waals surface area contributed by atoms with Gasteiger partial charge in [-0.1, -0.05) is 86.6 Å². The van der Waals surface area contributed by atoms with Crippen molar-refractivity contribution >= 4 is 23.1 Å². The van der Waals surface area contributed by atoms with Gasteiger partial charge in [0.25, 0.3) is 0 Å². The summed E-state index contributed by atoms with van der Waals surface area (Å²) in [6.45, 7) is 4.91. The SMILES string of the molecule is CC(C)(COCCCc1nc2ccccc2[nH]1)CC(=O)OC(COC(CN)C(Cc1ccccc1)OC(N)=O)CC(N)c1ccccc1. The van der Waals surface area contributed by atoms with Gasteiger partial charge in [0.2, 0.25) is 0 Å².